The second-order valence-electron chi connectivity index (χ2n) is 4.14. The molecule has 0 aliphatic rings. The van der Waals surface area contributed by atoms with Gasteiger partial charge in [-0.3, -0.25) is 9.36 Å². The summed E-state index contributed by atoms with van der Waals surface area (Å²) in [6.07, 6.45) is 5.66. The third-order valence-corrected chi connectivity index (χ3v) is 2.76. The largest absolute Gasteiger partial charge is 0.368 e. The van der Waals surface area contributed by atoms with E-state index in [1.54, 1.807) is 6.20 Å². The van der Waals surface area contributed by atoms with Crippen LogP contribution in [0.5, 0.6) is 0 Å². The summed E-state index contributed by atoms with van der Waals surface area (Å²) in [5, 5.41) is 3.27. The second-order valence-corrected chi connectivity index (χ2v) is 4.14. The Hall–Kier alpha value is -2.17. The van der Waals surface area contributed by atoms with Crippen molar-refractivity contribution in [2.75, 3.05) is 5.32 Å². The zero-order valence-electron chi connectivity index (χ0n) is 10.5. The van der Waals surface area contributed by atoms with E-state index in [0.717, 1.165) is 12.2 Å². The van der Waals surface area contributed by atoms with Crippen LogP contribution in [-0.2, 0) is 0 Å². The number of hydrogen-bond donors (Lipinski definition) is 1. The van der Waals surface area contributed by atoms with Gasteiger partial charge in [0.2, 0.25) is 0 Å². The third-order valence-electron chi connectivity index (χ3n) is 2.76. The van der Waals surface area contributed by atoms with Crippen molar-refractivity contribution in [3.8, 4) is 5.69 Å². The molecule has 0 aliphatic carbocycles. The SMILES string of the molecule is CCC(C)Nc1ccc(-n2cnccc2=O)cn1. The first kappa shape index (κ1) is 12.3. The molecule has 0 amide bonds. The molecule has 0 aromatic carbocycles. The second kappa shape index (κ2) is 5.44. The molecule has 94 valence electrons. The third kappa shape index (κ3) is 2.74. The number of nitrogens with one attached hydrogen (secondary N) is 1. The van der Waals surface area contributed by atoms with Crippen LogP contribution in [0.2, 0.25) is 0 Å². The lowest BCUT2D eigenvalue weighted by Gasteiger charge is -2.12. The molecule has 2 aromatic rings. The molecule has 0 saturated carbocycles. The van der Waals surface area contributed by atoms with Gasteiger partial charge in [0.05, 0.1) is 11.9 Å². The summed E-state index contributed by atoms with van der Waals surface area (Å²) in [6.45, 7) is 4.21. The summed E-state index contributed by atoms with van der Waals surface area (Å²) < 4.78 is 1.46. The Morgan fingerprint density at radius 1 is 1.39 bits per heavy atom. The van der Waals surface area contributed by atoms with Gasteiger partial charge in [0, 0.05) is 18.3 Å². The molecular formula is C13H16N4O. The Morgan fingerprint density at radius 3 is 2.83 bits per heavy atom. The summed E-state index contributed by atoms with van der Waals surface area (Å²) >= 11 is 0. The summed E-state index contributed by atoms with van der Waals surface area (Å²) in [7, 11) is 0. The van der Waals surface area contributed by atoms with Crippen LogP contribution in [0.3, 0.4) is 0 Å². The van der Waals surface area contributed by atoms with E-state index in [1.165, 1.54) is 23.2 Å². The molecule has 5 heteroatoms. The van der Waals surface area contributed by atoms with Gasteiger partial charge in [-0.2, -0.15) is 0 Å². The Balaban J connectivity index is 2.23. The van der Waals surface area contributed by atoms with Crippen LogP contribution < -0.4 is 10.9 Å². The predicted octanol–water partition coefficient (Wildman–Crippen LogP) is 1.84. The van der Waals surface area contributed by atoms with Crippen LogP contribution in [0.1, 0.15) is 20.3 Å². The van der Waals surface area contributed by atoms with Crippen molar-refractivity contribution in [3.63, 3.8) is 0 Å². The monoisotopic (exact) mass is 244 g/mol. The molecule has 0 radical (unpaired) electrons. The summed E-state index contributed by atoms with van der Waals surface area (Å²) in [5.74, 6) is 0.810. The predicted molar refractivity (Wildman–Crippen MR) is 71.0 cm³/mol. The molecule has 2 aromatic heterocycles. The van der Waals surface area contributed by atoms with Gasteiger partial charge < -0.3 is 5.32 Å². The first-order valence-corrected chi connectivity index (χ1v) is 5.96. The number of rotatable bonds is 4. The smallest absolute Gasteiger partial charge is 0.257 e. The number of pyridine rings is 1. The van der Waals surface area contributed by atoms with Crippen molar-refractivity contribution in [2.45, 2.75) is 26.3 Å². The summed E-state index contributed by atoms with van der Waals surface area (Å²) in [6, 6.07) is 5.51. The van der Waals surface area contributed by atoms with E-state index in [0.29, 0.717) is 11.7 Å². The lowest BCUT2D eigenvalue weighted by molar-refractivity contribution is 0.759. The fourth-order valence-electron chi connectivity index (χ4n) is 1.51. The Morgan fingerprint density at radius 2 is 2.22 bits per heavy atom. The fraction of sp³-hybridized carbons (Fsp3) is 0.308. The van der Waals surface area contributed by atoms with E-state index in [1.807, 2.05) is 12.1 Å². The molecule has 0 spiro atoms. The molecule has 0 bridgehead atoms. The van der Waals surface area contributed by atoms with Crippen molar-refractivity contribution >= 4 is 5.82 Å². The van der Waals surface area contributed by atoms with Gasteiger partial charge in [0.25, 0.3) is 5.56 Å². The average Bonchev–Trinajstić information content (AvgIpc) is 2.40. The maximum Gasteiger partial charge on any atom is 0.257 e. The highest BCUT2D eigenvalue weighted by Crippen LogP contribution is 2.09. The van der Waals surface area contributed by atoms with Gasteiger partial charge in [0.15, 0.2) is 0 Å². The summed E-state index contributed by atoms with van der Waals surface area (Å²) in [4.78, 5) is 19.8. The van der Waals surface area contributed by atoms with Gasteiger partial charge in [-0.05, 0) is 25.5 Å². The Labute approximate surface area is 106 Å². The van der Waals surface area contributed by atoms with Gasteiger partial charge in [-0.15, -0.1) is 0 Å². The zero-order chi connectivity index (χ0) is 13.0. The van der Waals surface area contributed by atoms with Crippen LogP contribution in [0, 0.1) is 0 Å². The lowest BCUT2D eigenvalue weighted by atomic mass is 10.2. The molecule has 18 heavy (non-hydrogen) atoms. The molecule has 0 saturated heterocycles. The van der Waals surface area contributed by atoms with Crippen LogP contribution in [0.15, 0.2) is 41.7 Å². The quantitative estimate of drug-likeness (QED) is 0.891. The molecule has 2 heterocycles. The van der Waals surface area contributed by atoms with Crippen molar-refractivity contribution in [3.05, 3.63) is 47.3 Å². The van der Waals surface area contributed by atoms with E-state index in [9.17, 15) is 4.79 Å². The molecule has 1 atom stereocenters. The minimum Gasteiger partial charge on any atom is -0.368 e. The number of aromatic nitrogens is 3. The van der Waals surface area contributed by atoms with Crippen LogP contribution in [-0.4, -0.2) is 20.6 Å². The molecule has 0 aliphatic heterocycles. The highest BCUT2D eigenvalue weighted by molar-refractivity contribution is 5.41. The topological polar surface area (TPSA) is 59.8 Å². The molecule has 0 fully saturated rings. The van der Waals surface area contributed by atoms with Gasteiger partial charge in [0.1, 0.15) is 12.1 Å². The van der Waals surface area contributed by atoms with Crippen molar-refractivity contribution in [1.82, 2.24) is 14.5 Å². The Bertz CT molecular complexity index is 562. The zero-order valence-corrected chi connectivity index (χ0v) is 10.5. The number of nitrogens with zero attached hydrogens (tertiary/aromatic N) is 3. The maximum atomic E-state index is 11.6. The van der Waals surface area contributed by atoms with E-state index >= 15 is 0 Å². The minimum atomic E-state index is -0.116. The number of hydrogen-bond acceptors (Lipinski definition) is 4. The maximum absolute atomic E-state index is 11.6. The van der Waals surface area contributed by atoms with Crippen molar-refractivity contribution < 1.29 is 0 Å². The van der Waals surface area contributed by atoms with Gasteiger partial charge in [-0.25, -0.2) is 9.97 Å². The minimum absolute atomic E-state index is 0.116. The molecule has 5 nitrogen and oxygen atoms in total. The highest BCUT2D eigenvalue weighted by Gasteiger charge is 2.02. The molecule has 1 N–H and O–H groups in total. The van der Waals surface area contributed by atoms with Crippen LogP contribution >= 0.6 is 0 Å². The fourth-order valence-corrected chi connectivity index (χ4v) is 1.51. The Kier molecular flexibility index (Phi) is 3.72. The first-order valence-electron chi connectivity index (χ1n) is 5.96. The standard InChI is InChI=1S/C13H16N4O/c1-3-10(2)16-12-5-4-11(8-15-12)17-9-14-7-6-13(17)18/h4-10H,3H2,1-2H3,(H,15,16). The van der Waals surface area contributed by atoms with Crippen molar-refractivity contribution in [2.24, 2.45) is 0 Å². The van der Waals surface area contributed by atoms with E-state index in [4.69, 9.17) is 0 Å². The molecule has 2 rings (SSSR count). The highest BCUT2D eigenvalue weighted by atomic mass is 16.1. The van der Waals surface area contributed by atoms with Gasteiger partial charge in [-0.1, -0.05) is 6.92 Å². The van der Waals surface area contributed by atoms with Crippen molar-refractivity contribution in [1.29, 1.82) is 0 Å². The van der Waals surface area contributed by atoms with E-state index < -0.39 is 0 Å². The van der Waals surface area contributed by atoms with E-state index in [-0.39, 0.29) is 5.56 Å². The molecular weight excluding hydrogens is 228 g/mol. The van der Waals surface area contributed by atoms with E-state index in [2.05, 4.69) is 29.1 Å². The number of anilines is 1. The normalized spacial score (nSPS) is 12.1. The lowest BCUT2D eigenvalue weighted by Crippen LogP contribution is -2.17. The van der Waals surface area contributed by atoms with Crippen LogP contribution in [0.4, 0.5) is 5.82 Å². The first-order chi connectivity index (χ1) is 8.70. The average molecular weight is 244 g/mol. The van der Waals surface area contributed by atoms with Gasteiger partial charge >= 0.3 is 0 Å². The summed E-state index contributed by atoms with van der Waals surface area (Å²) in [5.41, 5.74) is 0.595. The molecule has 1 unspecified atom stereocenters. The van der Waals surface area contributed by atoms with Crippen LogP contribution in [0.25, 0.3) is 5.69 Å².